The van der Waals surface area contributed by atoms with Crippen LogP contribution in [0.3, 0.4) is 0 Å². The van der Waals surface area contributed by atoms with E-state index in [0.717, 1.165) is 0 Å². The summed E-state index contributed by atoms with van der Waals surface area (Å²) in [6, 6.07) is 72.6. The maximum absolute atomic E-state index is 2.44. The van der Waals surface area contributed by atoms with Crippen LogP contribution in [0.2, 0.25) is 0 Å². The van der Waals surface area contributed by atoms with Crippen molar-refractivity contribution in [2.75, 3.05) is 0 Å². The zero-order chi connectivity index (χ0) is 37.2. The molecular formula is C56H32S. The largest absolute Gasteiger partial charge is 0.134 e. The first-order valence-corrected chi connectivity index (χ1v) is 20.6. The Morgan fingerprint density at radius 3 is 1.32 bits per heavy atom. The first-order valence-electron chi connectivity index (χ1n) is 19.7. The highest BCUT2D eigenvalue weighted by atomic mass is 32.1. The van der Waals surface area contributed by atoms with Gasteiger partial charge in [-0.2, -0.15) is 0 Å². The van der Waals surface area contributed by atoms with Crippen LogP contribution in [0.1, 0.15) is 0 Å². The highest BCUT2D eigenvalue weighted by Gasteiger charge is 2.19. The van der Waals surface area contributed by atoms with Gasteiger partial charge in [0, 0.05) is 30.9 Å². The predicted octanol–water partition coefficient (Wildman–Crippen LogP) is 16.6. The number of hydrogen-bond donors (Lipinski definition) is 0. The van der Waals surface area contributed by atoms with Gasteiger partial charge in [-0.25, -0.2) is 0 Å². The van der Waals surface area contributed by atoms with Crippen molar-refractivity contribution in [2.24, 2.45) is 0 Å². The third-order valence-electron chi connectivity index (χ3n) is 12.6. The van der Waals surface area contributed by atoms with Crippen molar-refractivity contribution in [1.82, 2.24) is 0 Å². The van der Waals surface area contributed by atoms with Crippen LogP contribution in [0.5, 0.6) is 0 Å². The lowest BCUT2D eigenvalue weighted by Gasteiger charge is -2.15. The zero-order valence-corrected chi connectivity index (χ0v) is 31.7. The Hall–Kier alpha value is -7.06. The van der Waals surface area contributed by atoms with Crippen molar-refractivity contribution in [3.8, 4) is 22.3 Å². The van der Waals surface area contributed by atoms with Gasteiger partial charge in [0.2, 0.25) is 0 Å². The molecule has 0 nitrogen and oxygen atoms in total. The first-order chi connectivity index (χ1) is 28.3. The number of hydrogen-bond acceptors (Lipinski definition) is 1. The van der Waals surface area contributed by atoms with E-state index in [1.807, 2.05) is 11.3 Å². The molecule has 0 fully saturated rings. The van der Waals surface area contributed by atoms with Crippen LogP contribution in [-0.4, -0.2) is 0 Å². The van der Waals surface area contributed by atoms with Crippen molar-refractivity contribution in [2.45, 2.75) is 0 Å². The molecule has 0 bridgehead atoms. The highest BCUT2D eigenvalue weighted by molar-refractivity contribution is 7.28. The van der Waals surface area contributed by atoms with E-state index in [2.05, 4.69) is 194 Å². The molecule has 0 amide bonds. The predicted molar refractivity (Wildman–Crippen MR) is 250 cm³/mol. The summed E-state index contributed by atoms with van der Waals surface area (Å²) in [5.41, 5.74) is 4.99. The summed E-state index contributed by atoms with van der Waals surface area (Å²) in [6.45, 7) is 0. The van der Waals surface area contributed by atoms with Crippen LogP contribution >= 0.6 is 11.3 Å². The molecule has 0 atom stereocenters. The van der Waals surface area contributed by atoms with E-state index in [1.165, 1.54) is 129 Å². The van der Waals surface area contributed by atoms with E-state index in [4.69, 9.17) is 0 Å². The van der Waals surface area contributed by atoms with Crippen LogP contribution in [0.15, 0.2) is 194 Å². The van der Waals surface area contributed by atoms with Gasteiger partial charge in [-0.05, 0) is 122 Å². The Morgan fingerprint density at radius 2 is 0.632 bits per heavy atom. The molecule has 57 heavy (non-hydrogen) atoms. The van der Waals surface area contributed by atoms with Crippen molar-refractivity contribution < 1.29 is 0 Å². The summed E-state index contributed by atoms with van der Waals surface area (Å²) in [4.78, 5) is 0. The fourth-order valence-corrected chi connectivity index (χ4v) is 11.4. The van der Waals surface area contributed by atoms with Gasteiger partial charge in [-0.15, -0.1) is 11.3 Å². The normalized spacial score (nSPS) is 12.2. The van der Waals surface area contributed by atoms with Crippen LogP contribution in [0, 0.1) is 0 Å². The molecule has 0 N–H and O–H groups in total. The van der Waals surface area contributed by atoms with Crippen molar-refractivity contribution in [3.63, 3.8) is 0 Å². The lowest BCUT2D eigenvalue weighted by Crippen LogP contribution is -1.88. The van der Waals surface area contributed by atoms with Gasteiger partial charge in [0.15, 0.2) is 0 Å². The number of rotatable bonds is 2. The van der Waals surface area contributed by atoms with E-state index < -0.39 is 0 Å². The Labute approximate surface area is 332 Å². The van der Waals surface area contributed by atoms with Gasteiger partial charge >= 0.3 is 0 Å². The summed E-state index contributed by atoms with van der Waals surface area (Å²) in [5.74, 6) is 0. The van der Waals surface area contributed by atoms with Crippen LogP contribution in [0.4, 0.5) is 0 Å². The van der Waals surface area contributed by atoms with E-state index in [1.54, 1.807) is 0 Å². The Kier molecular flexibility index (Phi) is 6.41. The van der Waals surface area contributed by atoms with E-state index >= 15 is 0 Å². The molecule has 0 aliphatic heterocycles. The third kappa shape index (κ3) is 4.43. The molecule has 0 saturated carbocycles. The summed E-state index contributed by atoms with van der Waals surface area (Å²) in [7, 11) is 0. The maximum atomic E-state index is 2.44. The molecule has 1 aromatic heterocycles. The lowest BCUT2D eigenvalue weighted by atomic mass is 9.88. The van der Waals surface area contributed by atoms with Gasteiger partial charge < -0.3 is 0 Å². The summed E-state index contributed by atoms with van der Waals surface area (Å²) in [5, 5.41) is 23.5. The first kappa shape index (κ1) is 31.2. The standard InChI is InChI=1S/C56H32S/c1-2-12-34-30-38-31-36(22-21-35(38)29-33(34)11-1)39-25-26-40(42-14-4-3-13-41(39)42)37-23-24-46-49-27-28-51-54-47-18-8-5-15-43(47)44-16-7-10-20-50(44)55(54)57-56(51)53(49)48-19-9-6-17-45(48)52(46)32-37/h1-32H. The third-order valence-corrected chi connectivity index (χ3v) is 13.8. The van der Waals surface area contributed by atoms with Gasteiger partial charge in [0.05, 0.1) is 0 Å². The number of fused-ring (bicyclic) bond motifs is 18. The van der Waals surface area contributed by atoms with Gasteiger partial charge in [-0.1, -0.05) is 170 Å². The van der Waals surface area contributed by atoms with E-state index in [9.17, 15) is 0 Å². The smallest absolute Gasteiger partial charge is 0.0440 e. The molecule has 13 aromatic rings. The lowest BCUT2D eigenvalue weighted by molar-refractivity contribution is 1.66. The molecular weight excluding hydrogens is 705 g/mol. The molecule has 0 aliphatic carbocycles. The molecule has 0 saturated heterocycles. The molecule has 0 unspecified atom stereocenters. The van der Waals surface area contributed by atoms with Crippen LogP contribution < -0.4 is 0 Å². The molecule has 0 spiro atoms. The van der Waals surface area contributed by atoms with E-state index in [-0.39, 0.29) is 0 Å². The average molecular weight is 737 g/mol. The molecule has 0 aliphatic rings. The summed E-state index contributed by atoms with van der Waals surface area (Å²) >= 11 is 1.96. The molecule has 0 radical (unpaired) electrons. The SMILES string of the molecule is c1ccc2cc3cc(-c4ccc(-c5ccc6c(c5)c5ccccc5c5c6ccc6c5sc5c7ccccc7c7ccccc7c65)c5ccccc45)ccc3cc2c1. The average Bonchev–Trinajstić information content (AvgIpc) is 3.68. The second-order valence-corrected chi connectivity index (χ2v) is 16.6. The molecule has 1 heteroatoms. The zero-order valence-electron chi connectivity index (χ0n) is 30.9. The monoisotopic (exact) mass is 736 g/mol. The minimum atomic E-state index is 1.24. The van der Waals surface area contributed by atoms with Gasteiger partial charge in [-0.3, -0.25) is 0 Å². The molecule has 13 rings (SSSR count). The molecule has 262 valence electrons. The second-order valence-electron chi connectivity index (χ2n) is 15.5. The molecule has 12 aromatic carbocycles. The van der Waals surface area contributed by atoms with Gasteiger partial charge in [0.1, 0.15) is 0 Å². The number of benzene rings is 12. The Balaban J connectivity index is 1.03. The fourth-order valence-electron chi connectivity index (χ4n) is 9.98. The minimum absolute atomic E-state index is 1.24. The van der Waals surface area contributed by atoms with Crippen molar-refractivity contribution >= 4 is 118 Å². The van der Waals surface area contributed by atoms with Gasteiger partial charge in [0.25, 0.3) is 0 Å². The highest BCUT2D eigenvalue weighted by Crippen LogP contribution is 2.49. The van der Waals surface area contributed by atoms with Crippen LogP contribution in [-0.2, 0) is 0 Å². The maximum Gasteiger partial charge on any atom is 0.0440 e. The Morgan fingerprint density at radius 1 is 0.228 bits per heavy atom. The van der Waals surface area contributed by atoms with Crippen molar-refractivity contribution in [3.05, 3.63) is 194 Å². The summed E-state index contributed by atoms with van der Waals surface area (Å²) in [6.07, 6.45) is 0. The Bertz CT molecular complexity index is 3840. The topological polar surface area (TPSA) is 0 Å². The second kappa shape index (κ2) is 11.7. The fraction of sp³-hybridized carbons (Fsp3) is 0. The molecule has 1 heterocycles. The van der Waals surface area contributed by atoms with Crippen LogP contribution in [0.25, 0.3) is 129 Å². The van der Waals surface area contributed by atoms with E-state index in [0.29, 0.717) is 0 Å². The quantitative estimate of drug-likeness (QED) is 0.122. The summed E-state index contributed by atoms with van der Waals surface area (Å²) < 4.78 is 2.74. The minimum Gasteiger partial charge on any atom is -0.134 e. The number of thiophene rings is 1. The van der Waals surface area contributed by atoms with Crippen molar-refractivity contribution in [1.29, 1.82) is 0 Å².